The highest BCUT2D eigenvalue weighted by atomic mass is 16.6. The van der Waals surface area contributed by atoms with Gasteiger partial charge in [-0.05, 0) is 30.9 Å². The van der Waals surface area contributed by atoms with Gasteiger partial charge in [0.05, 0.1) is 5.56 Å². The zero-order valence-electron chi connectivity index (χ0n) is 13.8. The number of hydrogen-bond acceptors (Lipinski definition) is 5. The summed E-state index contributed by atoms with van der Waals surface area (Å²) in [7, 11) is 0. The molecule has 3 fully saturated rings. The van der Waals surface area contributed by atoms with E-state index in [1.54, 1.807) is 24.3 Å². The van der Waals surface area contributed by atoms with Crippen molar-refractivity contribution in [3.8, 4) is 0 Å². The van der Waals surface area contributed by atoms with Crippen molar-refractivity contribution in [2.24, 2.45) is 16.7 Å². The number of ether oxygens (including phenoxy) is 2. The van der Waals surface area contributed by atoms with Gasteiger partial charge in [-0.25, -0.2) is 4.79 Å². The van der Waals surface area contributed by atoms with Crippen molar-refractivity contribution in [3.63, 3.8) is 0 Å². The second kappa shape index (κ2) is 4.91. The lowest BCUT2D eigenvalue weighted by atomic mass is 9.88. The van der Waals surface area contributed by atoms with Gasteiger partial charge >= 0.3 is 11.9 Å². The van der Waals surface area contributed by atoms with Gasteiger partial charge in [0.1, 0.15) is 6.10 Å². The molecule has 126 valence electrons. The number of Topliss-reactive ketones (excluding diaryl/α,β-unsaturated/α-hetero) is 1. The van der Waals surface area contributed by atoms with E-state index in [-0.39, 0.29) is 34.6 Å². The molecule has 3 aliphatic carbocycles. The third kappa shape index (κ3) is 1.78. The number of ketones is 1. The van der Waals surface area contributed by atoms with Crippen molar-refractivity contribution in [1.82, 2.24) is 0 Å². The molecule has 0 N–H and O–H groups in total. The second-order valence-corrected chi connectivity index (χ2v) is 7.33. The van der Waals surface area contributed by atoms with E-state index in [0.717, 1.165) is 6.42 Å². The molecule has 5 atom stereocenters. The van der Waals surface area contributed by atoms with Gasteiger partial charge in [0.2, 0.25) is 0 Å². The molecule has 0 amide bonds. The molecule has 1 aromatic rings. The summed E-state index contributed by atoms with van der Waals surface area (Å²) >= 11 is 0. The van der Waals surface area contributed by atoms with Crippen molar-refractivity contribution in [1.29, 1.82) is 0 Å². The third-order valence-electron chi connectivity index (χ3n) is 6.46. The molecule has 1 aromatic carbocycles. The highest BCUT2D eigenvalue weighted by Gasteiger charge is 2.87. The highest BCUT2D eigenvalue weighted by Crippen LogP contribution is 2.83. The minimum atomic E-state index is -0.676. The minimum Gasteiger partial charge on any atom is -0.458 e. The molecule has 5 heteroatoms. The van der Waals surface area contributed by atoms with Gasteiger partial charge in [-0.2, -0.15) is 0 Å². The first-order valence-electron chi connectivity index (χ1n) is 8.37. The molecule has 0 bridgehead atoms. The van der Waals surface area contributed by atoms with E-state index in [4.69, 9.17) is 9.47 Å². The summed E-state index contributed by atoms with van der Waals surface area (Å²) in [6.45, 7) is 3.40. The maximum atomic E-state index is 12.4. The fourth-order valence-electron chi connectivity index (χ4n) is 5.36. The highest BCUT2D eigenvalue weighted by molar-refractivity contribution is 5.92. The zero-order chi connectivity index (χ0) is 17.1. The molecule has 1 spiro atoms. The molecule has 0 aliphatic heterocycles. The van der Waals surface area contributed by atoms with Gasteiger partial charge in [0.15, 0.2) is 11.9 Å². The molecule has 1 unspecified atom stereocenters. The van der Waals surface area contributed by atoms with Crippen LogP contribution in [0.3, 0.4) is 0 Å². The Morgan fingerprint density at radius 1 is 1.17 bits per heavy atom. The largest absolute Gasteiger partial charge is 0.458 e. The van der Waals surface area contributed by atoms with Crippen molar-refractivity contribution in [2.75, 3.05) is 0 Å². The van der Waals surface area contributed by atoms with E-state index < -0.39 is 12.1 Å². The van der Waals surface area contributed by atoms with E-state index in [9.17, 15) is 14.4 Å². The van der Waals surface area contributed by atoms with Crippen LogP contribution in [0.25, 0.3) is 0 Å². The van der Waals surface area contributed by atoms with Gasteiger partial charge in [-0.15, -0.1) is 0 Å². The molecule has 24 heavy (non-hydrogen) atoms. The lowest BCUT2D eigenvalue weighted by Crippen LogP contribution is -2.36. The van der Waals surface area contributed by atoms with Crippen LogP contribution in [0, 0.1) is 16.7 Å². The average molecular weight is 328 g/mol. The summed E-state index contributed by atoms with van der Waals surface area (Å²) < 4.78 is 11.1. The van der Waals surface area contributed by atoms with Gasteiger partial charge in [-0.3, -0.25) is 9.59 Å². The molecule has 5 nitrogen and oxygen atoms in total. The number of rotatable bonds is 3. The van der Waals surface area contributed by atoms with Crippen molar-refractivity contribution in [3.05, 3.63) is 35.9 Å². The Balaban J connectivity index is 1.55. The zero-order valence-corrected chi connectivity index (χ0v) is 13.8. The summed E-state index contributed by atoms with van der Waals surface area (Å²) in [4.78, 5) is 36.0. The second-order valence-electron chi connectivity index (χ2n) is 7.33. The molecule has 0 heterocycles. The molecule has 3 saturated carbocycles. The number of carbonyl (C=O) groups is 3. The fourth-order valence-corrected chi connectivity index (χ4v) is 5.36. The summed E-state index contributed by atoms with van der Waals surface area (Å²) in [5, 5.41) is 0. The number of hydrogen-bond donors (Lipinski definition) is 0. The number of esters is 2. The third-order valence-corrected chi connectivity index (χ3v) is 6.46. The fraction of sp³-hybridized carbons (Fsp3) is 0.526. The topological polar surface area (TPSA) is 69.7 Å². The summed E-state index contributed by atoms with van der Waals surface area (Å²) in [6, 6.07) is 8.91. The van der Waals surface area contributed by atoms with E-state index in [2.05, 4.69) is 6.92 Å². The van der Waals surface area contributed by atoms with Crippen molar-refractivity contribution < 1.29 is 23.9 Å². The number of benzene rings is 1. The Morgan fingerprint density at radius 2 is 1.88 bits per heavy atom. The van der Waals surface area contributed by atoms with Crippen LogP contribution < -0.4 is 0 Å². The van der Waals surface area contributed by atoms with Crippen LogP contribution in [0.1, 0.15) is 43.5 Å². The lowest BCUT2D eigenvalue weighted by molar-refractivity contribution is -0.156. The molecule has 0 saturated heterocycles. The van der Waals surface area contributed by atoms with Crippen LogP contribution in [0.4, 0.5) is 0 Å². The molecule has 4 rings (SSSR count). The average Bonchev–Trinajstić information content (AvgIpc) is 2.77. The van der Waals surface area contributed by atoms with Gasteiger partial charge in [-0.1, -0.05) is 25.1 Å². The van der Waals surface area contributed by atoms with Crippen molar-refractivity contribution in [2.45, 2.75) is 45.3 Å². The quantitative estimate of drug-likeness (QED) is 0.798. The Hall–Kier alpha value is -2.17. The van der Waals surface area contributed by atoms with Crippen LogP contribution in [0.15, 0.2) is 30.3 Å². The van der Waals surface area contributed by atoms with Gasteiger partial charge < -0.3 is 9.47 Å². The van der Waals surface area contributed by atoms with Gasteiger partial charge in [0, 0.05) is 24.2 Å². The van der Waals surface area contributed by atoms with Crippen LogP contribution in [0.5, 0.6) is 0 Å². The summed E-state index contributed by atoms with van der Waals surface area (Å²) in [5.74, 6) is -0.617. The lowest BCUT2D eigenvalue weighted by Gasteiger charge is -2.26. The predicted molar refractivity (Wildman–Crippen MR) is 84.1 cm³/mol. The van der Waals surface area contributed by atoms with Gasteiger partial charge in [0.25, 0.3) is 0 Å². The van der Waals surface area contributed by atoms with Crippen LogP contribution in [-0.2, 0) is 19.1 Å². The Kier molecular flexibility index (Phi) is 3.15. The molecular weight excluding hydrogens is 308 g/mol. The molecule has 0 radical (unpaired) electrons. The summed E-state index contributed by atoms with van der Waals surface area (Å²) in [6.07, 6.45) is 0.960. The predicted octanol–water partition coefficient (Wildman–Crippen LogP) is 2.53. The van der Waals surface area contributed by atoms with Crippen LogP contribution >= 0.6 is 0 Å². The smallest absolute Gasteiger partial charge is 0.338 e. The Bertz CT molecular complexity index is 727. The van der Waals surface area contributed by atoms with E-state index in [1.165, 1.54) is 6.92 Å². The maximum absolute atomic E-state index is 12.4. The van der Waals surface area contributed by atoms with E-state index in [1.807, 2.05) is 6.07 Å². The van der Waals surface area contributed by atoms with Crippen molar-refractivity contribution >= 4 is 17.7 Å². The Morgan fingerprint density at radius 3 is 2.54 bits per heavy atom. The first-order valence-corrected chi connectivity index (χ1v) is 8.37. The SMILES string of the molecule is CC(=O)O[C@@H]1C(=O)C[C@@H]2C13CC[C@H](OC(=O)c1ccccc1)[C@@]23C. The normalized spacial score (nSPS) is 39.1. The Labute approximate surface area is 140 Å². The molecular formula is C19H20O5. The first-order chi connectivity index (χ1) is 11.4. The first kappa shape index (κ1) is 15.4. The maximum Gasteiger partial charge on any atom is 0.338 e. The minimum absolute atomic E-state index is 0.00251. The van der Waals surface area contributed by atoms with Crippen LogP contribution in [-0.4, -0.2) is 29.9 Å². The molecule has 3 aliphatic rings. The summed E-state index contributed by atoms with van der Waals surface area (Å²) in [5.41, 5.74) is -0.0801. The van der Waals surface area contributed by atoms with Crippen LogP contribution in [0.2, 0.25) is 0 Å². The van der Waals surface area contributed by atoms with E-state index in [0.29, 0.717) is 18.4 Å². The molecule has 0 aromatic heterocycles. The standard InChI is InChI=1S/C19H20O5/c1-11(20)23-16-13(21)10-14-18(2)15(8-9-19(14,16)18)24-17(22)12-6-4-3-5-7-12/h3-7,14-16H,8-10H2,1-2H3/t14-,15-,16+,18+,19?/m0/s1. The number of carbonyl (C=O) groups excluding carboxylic acids is 3. The van der Waals surface area contributed by atoms with E-state index >= 15 is 0 Å². The number of fused-ring (bicyclic) bond motifs is 1. The monoisotopic (exact) mass is 328 g/mol.